The third-order valence-corrected chi connectivity index (χ3v) is 7.68. The van der Waals surface area contributed by atoms with Gasteiger partial charge in [-0.05, 0) is 65.4 Å². The van der Waals surface area contributed by atoms with E-state index in [0.29, 0.717) is 29.1 Å². The molecule has 10 heteroatoms. The number of likely N-dealkylation sites (tertiary alicyclic amines) is 1. The van der Waals surface area contributed by atoms with Gasteiger partial charge in [0.25, 0.3) is 11.5 Å². The number of nitrogens with one attached hydrogen (secondary N) is 2. The molecule has 4 N–H and O–H groups in total. The number of nitrogens with zero attached hydrogens (tertiary/aromatic N) is 2. The number of hydrogen-bond donors (Lipinski definition) is 3. The van der Waals surface area contributed by atoms with Gasteiger partial charge in [-0.3, -0.25) is 19.1 Å². The van der Waals surface area contributed by atoms with Crippen molar-refractivity contribution in [1.82, 2.24) is 14.5 Å². The van der Waals surface area contributed by atoms with E-state index in [1.54, 1.807) is 13.2 Å². The molecule has 0 unspecified atom stereocenters. The molecular formula is C31H32FN5O4. The molecule has 0 radical (unpaired) electrons. The standard InChI is InChI=1S/C31H32FN5O4/c1-17-21(19-11-26(32)25(28(12-19)41-4)16-37-14-20(33)15-37)7-5-8-22(17)23-9-6-10-27(18(23)2)35-29(38)24-13-34-31(40)36(3)30(24)39/h5-13,20H,14-16,33H2,1-4H3,(H,34,40)(H,35,38). The summed E-state index contributed by atoms with van der Waals surface area (Å²) in [6.07, 6.45) is 1.12. The number of amides is 1. The minimum atomic E-state index is -0.689. The van der Waals surface area contributed by atoms with Crippen molar-refractivity contribution in [2.75, 3.05) is 25.5 Å². The van der Waals surface area contributed by atoms with Crippen molar-refractivity contribution >= 4 is 11.6 Å². The monoisotopic (exact) mass is 557 g/mol. The van der Waals surface area contributed by atoms with Crippen LogP contribution in [0.15, 0.2) is 64.3 Å². The van der Waals surface area contributed by atoms with Crippen LogP contribution in [0.1, 0.15) is 27.0 Å². The first-order valence-electron chi connectivity index (χ1n) is 13.2. The minimum absolute atomic E-state index is 0.125. The van der Waals surface area contributed by atoms with Gasteiger partial charge in [-0.1, -0.05) is 30.3 Å². The van der Waals surface area contributed by atoms with Crippen molar-refractivity contribution in [2.24, 2.45) is 12.8 Å². The second-order valence-electron chi connectivity index (χ2n) is 10.4. The largest absolute Gasteiger partial charge is 0.496 e. The molecule has 1 saturated heterocycles. The molecule has 0 saturated carbocycles. The molecule has 212 valence electrons. The first-order valence-corrected chi connectivity index (χ1v) is 13.2. The zero-order valence-electron chi connectivity index (χ0n) is 23.4. The van der Waals surface area contributed by atoms with E-state index >= 15 is 4.39 Å². The molecule has 3 aromatic carbocycles. The van der Waals surface area contributed by atoms with E-state index in [9.17, 15) is 14.4 Å². The van der Waals surface area contributed by atoms with E-state index in [2.05, 4.69) is 15.2 Å². The van der Waals surface area contributed by atoms with E-state index in [1.165, 1.54) is 13.1 Å². The summed E-state index contributed by atoms with van der Waals surface area (Å²) < 4.78 is 21.8. The van der Waals surface area contributed by atoms with Crippen LogP contribution in [0, 0.1) is 19.7 Å². The lowest BCUT2D eigenvalue weighted by Gasteiger charge is -2.37. The predicted octanol–water partition coefficient (Wildman–Crippen LogP) is 3.57. The van der Waals surface area contributed by atoms with E-state index in [-0.39, 0.29) is 17.4 Å². The number of H-pyrrole nitrogens is 1. The maximum Gasteiger partial charge on any atom is 0.328 e. The molecule has 0 bridgehead atoms. The summed E-state index contributed by atoms with van der Waals surface area (Å²) in [6, 6.07) is 14.8. The first-order chi connectivity index (χ1) is 19.6. The fourth-order valence-corrected chi connectivity index (χ4v) is 5.29. The molecule has 1 aromatic heterocycles. The SMILES string of the molecule is COc1cc(-c2cccc(-c3cccc(NC(=O)c4c[nH]c(=O)n(C)c4=O)c3C)c2C)cc(F)c1CN1CC(N)C1. The molecule has 1 aliphatic heterocycles. The van der Waals surface area contributed by atoms with Gasteiger partial charge in [0.05, 0.1) is 7.11 Å². The minimum Gasteiger partial charge on any atom is -0.496 e. The third kappa shape index (κ3) is 5.31. The highest BCUT2D eigenvalue weighted by atomic mass is 19.1. The summed E-state index contributed by atoms with van der Waals surface area (Å²) >= 11 is 0. The van der Waals surface area contributed by atoms with Crippen LogP contribution in [0.25, 0.3) is 22.3 Å². The number of carbonyl (C=O) groups excluding carboxylic acids is 1. The maximum atomic E-state index is 15.4. The maximum absolute atomic E-state index is 15.4. The quantitative estimate of drug-likeness (QED) is 0.319. The van der Waals surface area contributed by atoms with E-state index in [0.717, 1.165) is 51.7 Å². The number of carbonyl (C=O) groups is 1. The van der Waals surface area contributed by atoms with Crippen molar-refractivity contribution < 1.29 is 13.9 Å². The van der Waals surface area contributed by atoms with E-state index in [1.807, 2.05) is 50.2 Å². The van der Waals surface area contributed by atoms with Crippen LogP contribution in [-0.2, 0) is 13.6 Å². The van der Waals surface area contributed by atoms with Crippen molar-refractivity contribution in [1.29, 1.82) is 0 Å². The van der Waals surface area contributed by atoms with E-state index < -0.39 is 17.2 Å². The fourth-order valence-electron chi connectivity index (χ4n) is 5.29. The Hall–Kier alpha value is -4.54. The number of aromatic nitrogens is 2. The molecule has 5 rings (SSSR count). The zero-order chi connectivity index (χ0) is 29.4. The number of rotatable bonds is 7. The van der Waals surface area contributed by atoms with Gasteiger partial charge in [0.2, 0.25) is 0 Å². The first kappa shape index (κ1) is 28.0. The van der Waals surface area contributed by atoms with E-state index in [4.69, 9.17) is 10.5 Å². The highest BCUT2D eigenvalue weighted by Crippen LogP contribution is 2.38. The average Bonchev–Trinajstić information content (AvgIpc) is 2.93. The third-order valence-electron chi connectivity index (χ3n) is 7.68. The normalized spacial score (nSPS) is 13.6. The molecule has 1 aliphatic rings. The average molecular weight is 558 g/mol. The summed E-state index contributed by atoms with van der Waals surface area (Å²) in [5.74, 6) is -0.478. The van der Waals surface area contributed by atoms with Crippen molar-refractivity contribution in [2.45, 2.75) is 26.4 Å². The molecular weight excluding hydrogens is 525 g/mol. The Morgan fingerprint density at radius 1 is 1.07 bits per heavy atom. The van der Waals surface area contributed by atoms with Gasteiger partial charge in [-0.25, -0.2) is 9.18 Å². The Labute approximate surface area is 236 Å². The second kappa shape index (κ2) is 11.1. The summed E-state index contributed by atoms with van der Waals surface area (Å²) in [7, 11) is 2.84. The van der Waals surface area contributed by atoms with Crippen LogP contribution < -0.4 is 27.0 Å². The number of anilines is 1. The Morgan fingerprint density at radius 3 is 2.41 bits per heavy atom. The van der Waals surface area contributed by atoms with Gasteiger partial charge < -0.3 is 20.8 Å². The molecule has 1 fully saturated rings. The van der Waals surface area contributed by atoms with Crippen LogP contribution in [-0.4, -0.2) is 46.6 Å². The number of methoxy groups -OCH3 is 1. The summed E-state index contributed by atoms with van der Waals surface area (Å²) in [6.45, 7) is 5.74. The number of benzene rings is 3. The van der Waals surface area contributed by atoms with Crippen LogP contribution in [0.3, 0.4) is 0 Å². The van der Waals surface area contributed by atoms with Gasteiger partial charge in [0.1, 0.15) is 17.1 Å². The highest BCUT2D eigenvalue weighted by molar-refractivity contribution is 6.04. The van der Waals surface area contributed by atoms with Gasteiger partial charge in [0, 0.05) is 50.2 Å². The zero-order valence-corrected chi connectivity index (χ0v) is 23.4. The molecule has 2 heterocycles. The van der Waals surface area contributed by atoms with Crippen LogP contribution >= 0.6 is 0 Å². The van der Waals surface area contributed by atoms with Crippen LogP contribution in [0.5, 0.6) is 5.75 Å². The van der Waals surface area contributed by atoms with Gasteiger partial charge in [-0.15, -0.1) is 0 Å². The summed E-state index contributed by atoms with van der Waals surface area (Å²) in [5.41, 5.74) is 10.5. The smallest absolute Gasteiger partial charge is 0.328 e. The Bertz CT molecular complexity index is 1770. The highest BCUT2D eigenvalue weighted by Gasteiger charge is 2.26. The predicted molar refractivity (Wildman–Crippen MR) is 157 cm³/mol. The lowest BCUT2D eigenvalue weighted by atomic mass is 9.90. The Morgan fingerprint density at radius 2 is 1.73 bits per heavy atom. The van der Waals surface area contributed by atoms with Crippen molar-refractivity contribution in [3.8, 4) is 28.0 Å². The van der Waals surface area contributed by atoms with Gasteiger partial charge in [0.15, 0.2) is 0 Å². The van der Waals surface area contributed by atoms with Gasteiger partial charge in [-0.2, -0.15) is 0 Å². The van der Waals surface area contributed by atoms with Crippen LogP contribution in [0.2, 0.25) is 0 Å². The molecule has 0 atom stereocenters. The van der Waals surface area contributed by atoms with Crippen molar-refractivity contribution in [3.63, 3.8) is 0 Å². The number of hydrogen-bond acceptors (Lipinski definition) is 6. The second-order valence-corrected chi connectivity index (χ2v) is 10.4. The molecule has 0 aliphatic carbocycles. The molecule has 9 nitrogen and oxygen atoms in total. The molecule has 0 spiro atoms. The molecule has 4 aromatic rings. The topological polar surface area (TPSA) is 122 Å². The molecule has 41 heavy (non-hydrogen) atoms. The number of aromatic amines is 1. The lowest BCUT2D eigenvalue weighted by Crippen LogP contribution is -2.55. The number of ether oxygens (including phenoxy) is 1. The Balaban J connectivity index is 1.48. The number of halogens is 1. The lowest BCUT2D eigenvalue weighted by molar-refractivity contribution is 0.102. The Kier molecular flexibility index (Phi) is 7.61. The fraction of sp³-hybridized carbons (Fsp3) is 0.258. The summed E-state index contributed by atoms with van der Waals surface area (Å²) in [4.78, 5) is 41.5. The van der Waals surface area contributed by atoms with Crippen LogP contribution in [0.4, 0.5) is 10.1 Å². The molecule has 1 amide bonds. The van der Waals surface area contributed by atoms with Gasteiger partial charge >= 0.3 is 5.69 Å². The number of nitrogens with two attached hydrogens (primary N) is 1. The summed E-state index contributed by atoms with van der Waals surface area (Å²) in [5, 5.41) is 2.79. The van der Waals surface area contributed by atoms with Crippen molar-refractivity contribution in [3.05, 3.63) is 104 Å².